The van der Waals surface area contributed by atoms with Gasteiger partial charge in [-0.1, -0.05) is 12.1 Å². The van der Waals surface area contributed by atoms with Gasteiger partial charge in [0, 0.05) is 26.2 Å². The highest BCUT2D eigenvalue weighted by Crippen LogP contribution is 2.16. The molecule has 1 aliphatic rings. The Balaban J connectivity index is 1.73. The number of likely N-dealkylation sites (tertiary alicyclic amines) is 1. The molecule has 0 bridgehead atoms. The SMILES string of the molecule is NCc1cccc(OCC(O)CN2CCC(CO)C2)c1. The summed E-state index contributed by atoms with van der Waals surface area (Å²) in [6.45, 7) is 3.37. The maximum atomic E-state index is 10.0. The molecule has 1 aliphatic heterocycles. The van der Waals surface area contributed by atoms with Crippen LogP contribution in [0.5, 0.6) is 5.75 Å². The van der Waals surface area contributed by atoms with E-state index in [9.17, 15) is 5.11 Å². The number of ether oxygens (including phenoxy) is 1. The molecule has 0 aliphatic carbocycles. The number of hydrogen-bond acceptors (Lipinski definition) is 5. The molecule has 112 valence electrons. The van der Waals surface area contributed by atoms with Gasteiger partial charge in [0.25, 0.3) is 0 Å². The summed E-state index contributed by atoms with van der Waals surface area (Å²) in [4.78, 5) is 2.17. The van der Waals surface area contributed by atoms with Crippen LogP contribution in [-0.4, -0.2) is 54.1 Å². The van der Waals surface area contributed by atoms with Crippen molar-refractivity contribution in [1.29, 1.82) is 0 Å². The molecule has 0 saturated carbocycles. The van der Waals surface area contributed by atoms with Crippen LogP contribution in [0.25, 0.3) is 0 Å². The van der Waals surface area contributed by atoms with Crippen LogP contribution in [0.1, 0.15) is 12.0 Å². The molecule has 4 N–H and O–H groups in total. The van der Waals surface area contributed by atoms with Crippen LogP contribution >= 0.6 is 0 Å². The Kier molecular flexibility index (Phi) is 5.79. The van der Waals surface area contributed by atoms with Crippen molar-refractivity contribution in [2.45, 2.75) is 19.1 Å². The molecule has 1 aromatic rings. The zero-order valence-corrected chi connectivity index (χ0v) is 11.7. The Labute approximate surface area is 120 Å². The van der Waals surface area contributed by atoms with E-state index in [2.05, 4.69) is 4.90 Å². The van der Waals surface area contributed by atoms with Crippen molar-refractivity contribution < 1.29 is 14.9 Å². The largest absolute Gasteiger partial charge is 0.491 e. The van der Waals surface area contributed by atoms with E-state index in [1.807, 2.05) is 24.3 Å². The first-order valence-electron chi connectivity index (χ1n) is 7.14. The highest BCUT2D eigenvalue weighted by atomic mass is 16.5. The molecule has 0 amide bonds. The Hall–Kier alpha value is -1.14. The van der Waals surface area contributed by atoms with Crippen LogP contribution in [0.2, 0.25) is 0 Å². The van der Waals surface area contributed by atoms with E-state index in [0.717, 1.165) is 30.8 Å². The first-order valence-corrected chi connectivity index (χ1v) is 7.14. The summed E-state index contributed by atoms with van der Waals surface area (Å²) in [5, 5.41) is 19.1. The van der Waals surface area contributed by atoms with Crippen molar-refractivity contribution >= 4 is 0 Å². The van der Waals surface area contributed by atoms with E-state index in [0.29, 0.717) is 19.0 Å². The summed E-state index contributed by atoms with van der Waals surface area (Å²) in [7, 11) is 0. The number of β-amino-alcohol motifs (C(OH)–C–C–N with tert-alkyl or cyclic N) is 1. The van der Waals surface area contributed by atoms with Crippen LogP contribution in [0.4, 0.5) is 0 Å². The normalized spacial score (nSPS) is 21.1. The fourth-order valence-electron chi connectivity index (χ4n) is 2.53. The molecule has 0 aromatic heterocycles. The second kappa shape index (κ2) is 7.59. The quantitative estimate of drug-likeness (QED) is 0.665. The van der Waals surface area contributed by atoms with Crippen molar-refractivity contribution in [1.82, 2.24) is 4.90 Å². The van der Waals surface area contributed by atoms with Gasteiger partial charge in [-0.15, -0.1) is 0 Å². The van der Waals surface area contributed by atoms with Gasteiger partial charge in [0.05, 0.1) is 0 Å². The second-order valence-corrected chi connectivity index (χ2v) is 5.41. The van der Waals surface area contributed by atoms with Gasteiger partial charge in [-0.2, -0.15) is 0 Å². The summed E-state index contributed by atoms with van der Waals surface area (Å²) in [6.07, 6.45) is 0.483. The summed E-state index contributed by atoms with van der Waals surface area (Å²) < 4.78 is 5.59. The van der Waals surface area contributed by atoms with E-state index < -0.39 is 6.10 Å². The molecule has 2 atom stereocenters. The van der Waals surface area contributed by atoms with Gasteiger partial charge in [0.1, 0.15) is 18.5 Å². The summed E-state index contributed by atoms with van der Waals surface area (Å²) in [5.74, 6) is 1.09. The van der Waals surface area contributed by atoms with Crippen LogP contribution in [0.15, 0.2) is 24.3 Å². The van der Waals surface area contributed by atoms with Crippen molar-refractivity contribution in [2.24, 2.45) is 11.7 Å². The third-order valence-electron chi connectivity index (χ3n) is 3.67. The molecule has 1 saturated heterocycles. The molecule has 1 aromatic carbocycles. The predicted molar refractivity (Wildman–Crippen MR) is 77.5 cm³/mol. The average molecular weight is 280 g/mol. The van der Waals surface area contributed by atoms with Crippen molar-refractivity contribution in [3.05, 3.63) is 29.8 Å². The van der Waals surface area contributed by atoms with Crippen molar-refractivity contribution in [2.75, 3.05) is 32.8 Å². The Morgan fingerprint density at radius 2 is 2.30 bits per heavy atom. The maximum Gasteiger partial charge on any atom is 0.119 e. The number of rotatable bonds is 7. The fourth-order valence-corrected chi connectivity index (χ4v) is 2.53. The van der Waals surface area contributed by atoms with Gasteiger partial charge in [-0.05, 0) is 36.6 Å². The van der Waals surface area contributed by atoms with Crippen molar-refractivity contribution in [3.63, 3.8) is 0 Å². The fraction of sp³-hybridized carbons (Fsp3) is 0.600. The van der Waals surface area contributed by atoms with E-state index in [1.54, 1.807) is 0 Å². The lowest BCUT2D eigenvalue weighted by Gasteiger charge is -2.20. The summed E-state index contributed by atoms with van der Waals surface area (Å²) in [6, 6.07) is 7.60. The van der Waals surface area contributed by atoms with Crippen LogP contribution < -0.4 is 10.5 Å². The molecule has 0 spiro atoms. The smallest absolute Gasteiger partial charge is 0.119 e. The molecule has 5 nitrogen and oxygen atoms in total. The topological polar surface area (TPSA) is 79.0 Å². The average Bonchev–Trinajstić information content (AvgIpc) is 2.93. The van der Waals surface area contributed by atoms with Gasteiger partial charge < -0.3 is 25.6 Å². The van der Waals surface area contributed by atoms with Crippen LogP contribution in [0, 0.1) is 5.92 Å². The lowest BCUT2D eigenvalue weighted by Crippen LogP contribution is -2.34. The van der Waals surface area contributed by atoms with Gasteiger partial charge in [-0.3, -0.25) is 0 Å². The van der Waals surface area contributed by atoms with Gasteiger partial charge in [0.2, 0.25) is 0 Å². The van der Waals surface area contributed by atoms with Crippen LogP contribution in [0.3, 0.4) is 0 Å². The zero-order chi connectivity index (χ0) is 14.4. The highest BCUT2D eigenvalue weighted by Gasteiger charge is 2.23. The highest BCUT2D eigenvalue weighted by molar-refractivity contribution is 5.28. The molecule has 5 heteroatoms. The molecule has 1 heterocycles. The molecule has 2 unspecified atom stereocenters. The summed E-state index contributed by atoms with van der Waals surface area (Å²) >= 11 is 0. The first-order chi connectivity index (χ1) is 9.71. The number of aliphatic hydroxyl groups excluding tert-OH is 2. The van der Waals surface area contributed by atoms with Crippen molar-refractivity contribution in [3.8, 4) is 5.75 Å². The number of benzene rings is 1. The molecule has 1 fully saturated rings. The number of nitrogens with two attached hydrogens (primary N) is 1. The molecular weight excluding hydrogens is 256 g/mol. The van der Waals surface area contributed by atoms with Crippen LogP contribution in [-0.2, 0) is 6.54 Å². The van der Waals surface area contributed by atoms with E-state index in [-0.39, 0.29) is 13.2 Å². The molecule has 20 heavy (non-hydrogen) atoms. The minimum absolute atomic E-state index is 0.231. The van der Waals surface area contributed by atoms with E-state index in [4.69, 9.17) is 15.6 Å². The van der Waals surface area contributed by atoms with E-state index >= 15 is 0 Å². The van der Waals surface area contributed by atoms with E-state index in [1.165, 1.54) is 0 Å². The maximum absolute atomic E-state index is 10.0. The van der Waals surface area contributed by atoms with Gasteiger partial charge in [0.15, 0.2) is 0 Å². The third-order valence-corrected chi connectivity index (χ3v) is 3.67. The molecule has 2 rings (SSSR count). The summed E-state index contributed by atoms with van der Waals surface area (Å²) in [5.41, 5.74) is 6.59. The lowest BCUT2D eigenvalue weighted by atomic mass is 10.1. The second-order valence-electron chi connectivity index (χ2n) is 5.41. The zero-order valence-electron chi connectivity index (χ0n) is 11.7. The molecular formula is C15H24N2O3. The predicted octanol–water partition coefficient (Wildman–Crippen LogP) is 0.199. The lowest BCUT2D eigenvalue weighted by molar-refractivity contribution is 0.0735. The van der Waals surface area contributed by atoms with Gasteiger partial charge >= 0.3 is 0 Å². The first kappa shape index (κ1) is 15.3. The third kappa shape index (κ3) is 4.45. The Morgan fingerprint density at radius 1 is 1.45 bits per heavy atom. The standard InChI is InChI=1S/C15H24N2O3/c16-7-12-2-1-3-15(6-12)20-11-14(19)9-17-5-4-13(8-17)10-18/h1-3,6,13-14,18-19H,4-5,7-11,16H2. The monoisotopic (exact) mass is 280 g/mol. The number of nitrogens with zero attached hydrogens (tertiary/aromatic N) is 1. The van der Waals surface area contributed by atoms with Gasteiger partial charge in [-0.25, -0.2) is 0 Å². The number of aliphatic hydroxyl groups is 2. The Morgan fingerprint density at radius 3 is 3.00 bits per heavy atom. The minimum Gasteiger partial charge on any atom is -0.491 e. The Bertz CT molecular complexity index is 414. The number of hydrogen-bond donors (Lipinski definition) is 3. The molecule has 0 radical (unpaired) electrons. The minimum atomic E-state index is -0.519.